The Balaban J connectivity index is 1.28. The first-order valence-electron chi connectivity index (χ1n) is 16.4. The first-order chi connectivity index (χ1) is 23.5. The summed E-state index contributed by atoms with van der Waals surface area (Å²) in [5.74, 6) is 1.09. The quantitative estimate of drug-likeness (QED) is 0.267. The molecule has 3 heterocycles. The van der Waals surface area contributed by atoms with Crippen LogP contribution in [0.1, 0.15) is 63.1 Å². The maximum atomic E-state index is 14.3. The Morgan fingerprint density at radius 1 is 0.812 bits per heavy atom. The number of benzene rings is 3. The normalized spacial score (nSPS) is 16.7. The molecule has 4 aromatic rings. The van der Waals surface area contributed by atoms with E-state index in [9.17, 15) is 20.1 Å². The van der Waals surface area contributed by atoms with Gasteiger partial charge in [0, 0.05) is 50.9 Å². The molecule has 2 aliphatic rings. The number of hydrogen-bond donors (Lipinski definition) is 0. The molecule has 6 rings (SSSR count). The van der Waals surface area contributed by atoms with Gasteiger partial charge in [-0.2, -0.15) is 10.5 Å². The van der Waals surface area contributed by atoms with Gasteiger partial charge >= 0.3 is 0 Å². The molecule has 0 unspecified atom stereocenters. The molecule has 9 nitrogen and oxygen atoms in total. The van der Waals surface area contributed by atoms with Gasteiger partial charge in [-0.25, -0.2) is 4.98 Å². The number of fused-ring (bicyclic) bond motifs is 1. The third-order valence-electron chi connectivity index (χ3n) is 9.52. The summed E-state index contributed by atoms with van der Waals surface area (Å²) in [6.45, 7) is 3.71. The molecule has 0 atom stereocenters. The van der Waals surface area contributed by atoms with Crippen LogP contribution < -0.4 is 9.64 Å². The number of nitrogens with zero attached hydrogens (tertiary/aromatic N) is 6. The van der Waals surface area contributed by atoms with Crippen LogP contribution in [0.4, 0.5) is 5.82 Å². The van der Waals surface area contributed by atoms with Gasteiger partial charge in [0.25, 0.3) is 11.8 Å². The molecule has 1 saturated heterocycles. The molecular weight excluding hydrogens is 600 g/mol. The second-order valence-corrected chi connectivity index (χ2v) is 12.6. The van der Waals surface area contributed by atoms with Crippen LogP contribution in [0.2, 0.25) is 0 Å². The van der Waals surface area contributed by atoms with Crippen LogP contribution in [0.3, 0.4) is 0 Å². The van der Waals surface area contributed by atoms with E-state index >= 15 is 0 Å². The second kappa shape index (κ2) is 14.8. The Labute approximate surface area is 281 Å². The van der Waals surface area contributed by atoms with Crippen LogP contribution in [0.25, 0.3) is 0 Å². The molecule has 0 aliphatic carbocycles. The average molecular weight is 639 g/mol. The molecule has 0 bridgehead atoms. The highest BCUT2D eigenvalue weighted by atomic mass is 16.5. The maximum Gasteiger partial charge on any atom is 0.257 e. The standard InChI is InChI=1S/C39H38N6O3/c40-25-31-15-16-36(42-27-31)43-20-8-17-39(18-21-44(22-19-39)37(46)33-12-5-4-11-32(33)26-41)29-48-35-14-7-6-13-34(35)38(47)45(24-23-43)28-30-9-2-1-3-10-30/h1-7,9-16,27H,8,17-24,28-29H2. The van der Waals surface area contributed by atoms with Crippen molar-refractivity contribution in [3.8, 4) is 17.9 Å². The lowest BCUT2D eigenvalue weighted by molar-refractivity contribution is 0.0363. The van der Waals surface area contributed by atoms with Gasteiger partial charge in [-0.3, -0.25) is 9.59 Å². The van der Waals surface area contributed by atoms with E-state index in [4.69, 9.17) is 4.74 Å². The summed E-state index contributed by atoms with van der Waals surface area (Å²) in [5.41, 5.74) is 2.65. The van der Waals surface area contributed by atoms with E-state index in [1.54, 1.807) is 36.5 Å². The number of hydrogen-bond acceptors (Lipinski definition) is 7. The van der Waals surface area contributed by atoms with Crippen LogP contribution in [0, 0.1) is 28.1 Å². The van der Waals surface area contributed by atoms with Crippen molar-refractivity contribution in [3.05, 3.63) is 125 Å². The number of amides is 2. The van der Waals surface area contributed by atoms with E-state index in [0.29, 0.717) is 73.9 Å². The minimum atomic E-state index is -0.219. The summed E-state index contributed by atoms with van der Waals surface area (Å²) in [5, 5.41) is 18.9. The minimum Gasteiger partial charge on any atom is -0.492 e. The maximum absolute atomic E-state index is 14.3. The highest BCUT2D eigenvalue weighted by Gasteiger charge is 2.38. The number of carbonyl (C=O) groups excluding carboxylic acids is 2. The number of rotatable bonds is 4. The number of para-hydroxylation sites is 1. The molecule has 1 fully saturated rings. The minimum absolute atomic E-state index is 0.105. The second-order valence-electron chi connectivity index (χ2n) is 12.6. The van der Waals surface area contributed by atoms with Gasteiger partial charge in [0.1, 0.15) is 17.6 Å². The monoisotopic (exact) mass is 638 g/mol. The Kier molecular flexibility index (Phi) is 9.97. The average Bonchev–Trinajstić information content (AvgIpc) is 3.15. The number of anilines is 1. The largest absolute Gasteiger partial charge is 0.492 e. The Bertz CT molecular complexity index is 1820. The van der Waals surface area contributed by atoms with Gasteiger partial charge < -0.3 is 19.4 Å². The molecule has 1 spiro atoms. The van der Waals surface area contributed by atoms with Gasteiger partial charge in [0.05, 0.1) is 34.9 Å². The number of likely N-dealkylation sites (tertiary alicyclic amines) is 1. The van der Waals surface area contributed by atoms with Gasteiger partial charge in [0.15, 0.2) is 0 Å². The van der Waals surface area contributed by atoms with Crippen molar-refractivity contribution in [3.63, 3.8) is 0 Å². The molecule has 2 aliphatic heterocycles. The number of pyridine rings is 1. The third kappa shape index (κ3) is 7.32. The first-order valence-corrected chi connectivity index (χ1v) is 16.4. The fourth-order valence-electron chi connectivity index (χ4n) is 6.68. The molecule has 2 amide bonds. The van der Waals surface area contributed by atoms with Crippen LogP contribution in [-0.4, -0.2) is 65.9 Å². The molecule has 48 heavy (non-hydrogen) atoms. The number of ether oxygens (including phenoxy) is 1. The van der Waals surface area contributed by atoms with Crippen LogP contribution in [0.5, 0.6) is 5.75 Å². The summed E-state index contributed by atoms with van der Waals surface area (Å²) in [7, 11) is 0. The van der Waals surface area contributed by atoms with Crippen molar-refractivity contribution in [2.24, 2.45) is 5.41 Å². The van der Waals surface area contributed by atoms with Crippen molar-refractivity contribution in [2.45, 2.75) is 32.2 Å². The van der Waals surface area contributed by atoms with Crippen molar-refractivity contribution in [1.29, 1.82) is 10.5 Å². The molecule has 0 N–H and O–H groups in total. The van der Waals surface area contributed by atoms with E-state index in [-0.39, 0.29) is 17.2 Å². The van der Waals surface area contributed by atoms with E-state index < -0.39 is 0 Å². The molecule has 242 valence electrons. The van der Waals surface area contributed by atoms with Crippen molar-refractivity contribution in [2.75, 3.05) is 44.2 Å². The summed E-state index contributed by atoms with van der Waals surface area (Å²) < 4.78 is 6.57. The van der Waals surface area contributed by atoms with E-state index in [1.807, 2.05) is 70.5 Å². The predicted molar refractivity (Wildman–Crippen MR) is 182 cm³/mol. The zero-order valence-electron chi connectivity index (χ0n) is 26.9. The van der Waals surface area contributed by atoms with Crippen LogP contribution in [0.15, 0.2) is 97.2 Å². The number of piperidine rings is 1. The summed E-state index contributed by atoms with van der Waals surface area (Å²) >= 11 is 0. The van der Waals surface area contributed by atoms with Gasteiger partial charge in [-0.05, 0) is 67.6 Å². The van der Waals surface area contributed by atoms with E-state index in [1.165, 1.54) is 0 Å². The van der Waals surface area contributed by atoms with Crippen molar-refractivity contribution >= 4 is 17.6 Å². The first kappa shape index (κ1) is 32.3. The van der Waals surface area contributed by atoms with Crippen LogP contribution in [-0.2, 0) is 6.54 Å². The van der Waals surface area contributed by atoms with Crippen molar-refractivity contribution < 1.29 is 14.3 Å². The number of aromatic nitrogens is 1. The van der Waals surface area contributed by atoms with Gasteiger partial charge in [-0.15, -0.1) is 0 Å². The summed E-state index contributed by atoms with van der Waals surface area (Å²) in [6.07, 6.45) is 4.77. The van der Waals surface area contributed by atoms with E-state index in [0.717, 1.165) is 37.1 Å². The fraction of sp³-hybridized carbons (Fsp3) is 0.308. The lowest BCUT2D eigenvalue weighted by atomic mass is 9.75. The van der Waals surface area contributed by atoms with E-state index in [2.05, 4.69) is 22.0 Å². The number of carbonyl (C=O) groups is 2. The zero-order chi connectivity index (χ0) is 33.3. The SMILES string of the molecule is N#Cc1ccc(N2CCCC3(CCN(C(=O)c4ccccc4C#N)CC3)COc3ccccc3C(=O)N(Cc3ccccc3)CC2)nc1. The Hall–Kier alpha value is -5.67. The lowest BCUT2D eigenvalue weighted by Crippen LogP contribution is -2.46. The van der Waals surface area contributed by atoms with Crippen LogP contribution >= 0.6 is 0 Å². The zero-order valence-corrected chi connectivity index (χ0v) is 26.9. The molecule has 1 aromatic heterocycles. The lowest BCUT2D eigenvalue weighted by Gasteiger charge is -2.42. The third-order valence-corrected chi connectivity index (χ3v) is 9.52. The predicted octanol–water partition coefficient (Wildman–Crippen LogP) is 6.07. The molecule has 3 aromatic carbocycles. The smallest absolute Gasteiger partial charge is 0.257 e. The molecule has 0 saturated carbocycles. The highest BCUT2D eigenvalue weighted by molar-refractivity contribution is 5.97. The topological polar surface area (TPSA) is 114 Å². The fourth-order valence-corrected chi connectivity index (χ4v) is 6.68. The Morgan fingerprint density at radius 3 is 2.31 bits per heavy atom. The van der Waals surface area contributed by atoms with Crippen molar-refractivity contribution in [1.82, 2.24) is 14.8 Å². The number of nitriles is 2. The molecule has 0 radical (unpaired) electrons. The summed E-state index contributed by atoms with van der Waals surface area (Å²) in [6, 6.07) is 32.3. The van der Waals surface area contributed by atoms with Gasteiger partial charge in [-0.1, -0.05) is 54.6 Å². The Morgan fingerprint density at radius 2 is 1.56 bits per heavy atom. The summed E-state index contributed by atoms with van der Waals surface area (Å²) in [4.78, 5) is 38.2. The van der Waals surface area contributed by atoms with Gasteiger partial charge in [0.2, 0.25) is 0 Å². The highest BCUT2D eigenvalue weighted by Crippen LogP contribution is 2.38. The molecule has 9 heteroatoms. The molecular formula is C39H38N6O3.